The molecule has 0 saturated carbocycles. The summed E-state index contributed by atoms with van der Waals surface area (Å²) in [5.74, 6) is 1.98. The quantitative estimate of drug-likeness (QED) is 0.202. The number of aromatic nitrogens is 3. The SMILES string of the molecule is c1ccc(-c2nc(-c3ccccc3)nc(-c3ccc(-c4ccc(-c5cc6c7c(cccc7c5)-c5ccccc5-6)cc4)cc3)n2)cc1. The Morgan fingerprint density at radius 2 is 0.674 bits per heavy atom. The summed E-state index contributed by atoms with van der Waals surface area (Å²) in [6.07, 6.45) is 0. The van der Waals surface area contributed by atoms with Crippen LogP contribution in [-0.4, -0.2) is 15.0 Å². The molecule has 0 radical (unpaired) electrons. The van der Waals surface area contributed by atoms with E-state index in [1.165, 1.54) is 49.7 Å². The van der Waals surface area contributed by atoms with Crippen molar-refractivity contribution in [2.24, 2.45) is 0 Å². The molecule has 0 spiro atoms. The Labute approximate surface area is 267 Å². The summed E-state index contributed by atoms with van der Waals surface area (Å²) < 4.78 is 0. The second-order valence-electron chi connectivity index (χ2n) is 11.7. The zero-order chi connectivity index (χ0) is 30.5. The summed E-state index contributed by atoms with van der Waals surface area (Å²) in [6.45, 7) is 0. The van der Waals surface area contributed by atoms with Crippen LogP contribution in [0.2, 0.25) is 0 Å². The average molecular weight is 586 g/mol. The van der Waals surface area contributed by atoms with Gasteiger partial charge in [-0.15, -0.1) is 0 Å². The van der Waals surface area contributed by atoms with Crippen LogP contribution in [0.3, 0.4) is 0 Å². The summed E-state index contributed by atoms with van der Waals surface area (Å²) in [7, 11) is 0. The molecule has 3 nitrogen and oxygen atoms in total. The third kappa shape index (κ3) is 4.49. The van der Waals surface area contributed by atoms with Crippen LogP contribution in [0.4, 0.5) is 0 Å². The van der Waals surface area contributed by atoms with Crippen molar-refractivity contribution in [1.29, 1.82) is 0 Å². The molecule has 9 rings (SSSR count). The first kappa shape index (κ1) is 26.2. The third-order valence-corrected chi connectivity index (χ3v) is 8.88. The molecular weight excluding hydrogens is 558 g/mol. The minimum Gasteiger partial charge on any atom is -0.208 e. The number of rotatable bonds is 5. The maximum Gasteiger partial charge on any atom is 0.164 e. The van der Waals surface area contributed by atoms with Crippen molar-refractivity contribution in [2.45, 2.75) is 0 Å². The monoisotopic (exact) mass is 585 g/mol. The van der Waals surface area contributed by atoms with Crippen molar-refractivity contribution < 1.29 is 0 Å². The van der Waals surface area contributed by atoms with E-state index in [-0.39, 0.29) is 0 Å². The fourth-order valence-corrected chi connectivity index (χ4v) is 6.59. The van der Waals surface area contributed by atoms with Crippen LogP contribution in [0.25, 0.3) is 89.4 Å². The van der Waals surface area contributed by atoms with Gasteiger partial charge in [-0.25, -0.2) is 15.0 Å². The van der Waals surface area contributed by atoms with E-state index in [1.807, 2.05) is 60.7 Å². The minimum atomic E-state index is 0.656. The van der Waals surface area contributed by atoms with Crippen LogP contribution in [0.1, 0.15) is 0 Å². The molecule has 0 bridgehead atoms. The van der Waals surface area contributed by atoms with E-state index in [1.54, 1.807) is 0 Å². The Morgan fingerprint density at radius 1 is 0.261 bits per heavy atom. The molecule has 1 heterocycles. The lowest BCUT2D eigenvalue weighted by molar-refractivity contribution is 1.07. The van der Waals surface area contributed by atoms with Gasteiger partial charge in [-0.05, 0) is 67.4 Å². The molecule has 7 aromatic carbocycles. The highest BCUT2D eigenvalue weighted by Gasteiger charge is 2.21. The van der Waals surface area contributed by atoms with E-state index < -0.39 is 0 Å². The standard InChI is InChI=1S/C43H27N3/c1-3-10-31(11-4-1)41-44-42(32-12-5-2-6-13-32)46-43(45-41)33-24-22-29(23-25-33)28-18-20-30(21-19-28)35-26-34-14-9-17-38-36-15-7-8-16-37(36)39(27-35)40(34)38/h1-27H. The smallest absolute Gasteiger partial charge is 0.164 e. The first-order valence-electron chi connectivity index (χ1n) is 15.5. The van der Waals surface area contributed by atoms with Crippen molar-refractivity contribution in [3.8, 4) is 78.7 Å². The molecule has 8 aromatic rings. The summed E-state index contributed by atoms with van der Waals surface area (Å²) in [5, 5.41) is 2.64. The molecule has 0 amide bonds. The molecule has 0 N–H and O–H groups in total. The molecule has 1 aromatic heterocycles. The lowest BCUT2D eigenvalue weighted by Gasteiger charge is -2.10. The van der Waals surface area contributed by atoms with Gasteiger partial charge in [-0.1, -0.05) is 152 Å². The van der Waals surface area contributed by atoms with E-state index >= 15 is 0 Å². The summed E-state index contributed by atoms with van der Waals surface area (Å²) >= 11 is 0. The first-order valence-corrected chi connectivity index (χ1v) is 15.5. The average Bonchev–Trinajstić information content (AvgIpc) is 3.47. The topological polar surface area (TPSA) is 38.7 Å². The van der Waals surface area contributed by atoms with E-state index in [9.17, 15) is 0 Å². The van der Waals surface area contributed by atoms with Gasteiger partial charge in [-0.3, -0.25) is 0 Å². The van der Waals surface area contributed by atoms with Gasteiger partial charge in [0.1, 0.15) is 0 Å². The largest absolute Gasteiger partial charge is 0.208 e. The number of hydrogen-bond acceptors (Lipinski definition) is 3. The van der Waals surface area contributed by atoms with E-state index in [4.69, 9.17) is 15.0 Å². The van der Waals surface area contributed by atoms with Crippen LogP contribution in [0.5, 0.6) is 0 Å². The van der Waals surface area contributed by atoms with Gasteiger partial charge in [0, 0.05) is 16.7 Å². The fourth-order valence-electron chi connectivity index (χ4n) is 6.59. The molecule has 214 valence electrons. The van der Waals surface area contributed by atoms with Crippen LogP contribution >= 0.6 is 0 Å². The van der Waals surface area contributed by atoms with Gasteiger partial charge in [0.2, 0.25) is 0 Å². The highest BCUT2D eigenvalue weighted by molar-refractivity contribution is 6.16. The molecule has 1 aliphatic rings. The molecule has 3 heteroatoms. The predicted octanol–water partition coefficient (Wildman–Crippen LogP) is 11.0. The summed E-state index contributed by atoms with van der Waals surface area (Å²) in [6, 6.07) is 57.6. The van der Waals surface area contributed by atoms with Crippen molar-refractivity contribution in [3.63, 3.8) is 0 Å². The number of benzene rings is 7. The van der Waals surface area contributed by atoms with E-state index in [0.717, 1.165) is 22.3 Å². The van der Waals surface area contributed by atoms with Gasteiger partial charge in [-0.2, -0.15) is 0 Å². The van der Waals surface area contributed by atoms with E-state index in [2.05, 4.69) is 103 Å². The molecule has 0 fully saturated rings. The first-order chi connectivity index (χ1) is 22.8. The van der Waals surface area contributed by atoms with Crippen molar-refractivity contribution in [1.82, 2.24) is 15.0 Å². The Kier molecular flexibility index (Phi) is 6.14. The molecule has 1 aliphatic carbocycles. The van der Waals surface area contributed by atoms with Crippen LogP contribution < -0.4 is 0 Å². The Morgan fingerprint density at radius 3 is 1.22 bits per heavy atom. The van der Waals surface area contributed by atoms with Gasteiger partial charge in [0.05, 0.1) is 0 Å². The molecule has 0 unspecified atom stereocenters. The molecule has 0 atom stereocenters. The maximum absolute atomic E-state index is 4.88. The maximum atomic E-state index is 4.88. The van der Waals surface area contributed by atoms with E-state index in [0.29, 0.717) is 17.5 Å². The molecule has 46 heavy (non-hydrogen) atoms. The molecule has 0 aliphatic heterocycles. The lowest BCUT2D eigenvalue weighted by atomic mass is 9.95. The van der Waals surface area contributed by atoms with Crippen LogP contribution in [0.15, 0.2) is 164 Å². The predicted molar refractivity (Wildman–Crippen MR) is 189 cm³/mol. The molecule has 0 saturated heterocycles. The second-order valence-corrected chi connectivity index (χ2v) is 11.7. The summed E-state index contributed by atoms with van der Waals surface area (Å²) in [4.78, 5) is 14.6. The fraction of sp³-hybridized carbons (Fsp3) is 0. The molecular formula is C43H27N3. The Bertz CT molecular complexity index is 2320. The second kappa shape index (κ2) is 10.8. The number of fused-ring (bicyclic) bond motifs is 3. The zero-order valence-corrected chi connectivity index (χ0v) is 24.9. The van der Waals surface area contributed by atoms with Crippen molar-refractivity contribution in [3.05, 3.63) is 164 Å². The van der Waals surface area contributed by atoms with Gasteiger partial charge in [0.25, 0.3) is 0 Å². The van der Waals surface area contributed by atoms with Gasteiger partial charge < -0.3 is 0 Å². The summed E-state index contributed by atoms with van der Waals surface area (Å²) in [5.41, 5.74) is 12.9. The number of nitrogens with zero attached hydrogens (tertiary/aromatic N) is 3. The Hall–Kier alpha value is -6.19. The normalized spacial score (nSPS) is 11.5. The third-order valence-electron chi connectivity index (χ3n) is 8.88. The highest BCUT2D eigenvalue weighted by Crippen LogP contribution is 2.48. The van der Waals surface area contributed by atoms with Gasteiger partial charge in [0.15, 0.2) is 17.5 Å². The highest BCUT2D eigenvalue weighted by atomic mass is 15.0. The zero-order valence-electron chi connectivity index (χ0n) is 24.9. The van der Waals surface area contributed by atoms with Crippen LogP contribution in [-0.2, 0) is 0 Å². The lowest BCUT2D eigenvalue weighted by Crippen LogP contribution is -2.00. The van der Waals surface area contributed by atoms with Crippen LogP contribution in [0, 0.1) is 0 Å². The minimum absolute atomic E-state index is 0.656. The number of hydrogen-bond donors (Lipinski definition) is 0. The Balaban J connectivity index is 1.04. The van der Waals surface area contributed by atoms with Crippen molar-refractivity contribution >= 4 is 10.8 Å². The van der Waals surface area contributed by atoms with Crippen molar-refractivity contribution in [2.75, 3.05) is 0 Å². The van der Waals surface area contributed by atoms with Gasteiger partial charge >= 0.3 is 0 Å².